The number of hydrogen-bond acceptors (Lipinski definition) is 4. The third kappa shape index (κ3) is 4.29. The van der Waals surface area contributed by atoms with Gasteiger partial charge in [-0.05, 0) is 37.1 Å². The molecule has 0 fully saturated rings. The lowest BCUT2D eigenvalue weighted by Crippen LogP contribution is -2.30. The van der Waals surface area contributed by atoms with E-state index in [1.807, 2.05) is 6.92 Å². The number of pyridine rings is 2. The monoisotopic (exact) mass is 347 g/mol. The first-order valence-corrected chi connectivity index (χ1v) is 7.82. The van der Waals surface area contributed by atoms with Gasteiger partial charge >= 0.3 is 5.97 Å². The molecule has 2 heterocycles. The molecule has 1 unspecified atom stereocenters. The van der Waals surface area contributed by atoms with Crippen LogP contribution in [0.15, 0.2) is 36.7 Å². The van der Waals surface area contributed by atoms with Crippen molar-refractivity contribution in [2.24, 2.45) is 0 Å². The molecule has 0 spiro atoms. The molecule has 1 amide bonds. The number of rotatable bonds is 6. The number of halogens is 1. The minimum Gasteiger partial charge on any atom is -0.477 e. The lowest BCUT2D eigenvalue weighted by molar-refractivity contribution is -0.131. The second kappa shape index (κ2) is 7.88. The smallest absolute Gasteiger partial charge is 0.354 e. The maximum Gasteiger partial charge on any atom is 0.354 e. The lowest BCUT2D eigenvalue weighted by Gasteiger charge is -2.24. The Kier molecular flexibility index (Phi) is 5.87. The summed E-state index contributed by atoms with van der Waals surface area (Å²) in [5.41, 5.74) is 1.27. The number of aromatic nitrogens is 2. The number of hydrogen-bond donors (Lipinski definition) is 1. The number of aryl methyl sites for hydroxylation is 1. The maximum absolute atomic E-state index is 12.4. The summed E-state index contributed by atoms with van der Waals surface area (Å²) < 4.78 is 0. The van der Waals surface area contributed by atoms with E-state index in [0.29, 0.717) is 17.0 Å². The molecule has 2 aromatic heterocycles. The lowest BCUT2D eigenvalue weighted by atomic mass is 10.1. The van der Waals surface area contributed by atoms with Gasteiger partial charge in [0.1, 0.15) is 0 Å². The number of nitrogens with zero attached hydrogens (tertiary/aromatic N) is 3. The van der Waals surface area contributed by atoms with Crippen LogP contribution in [-0.2, 0) is 11.2 Å². The quantitative estimate of drug-likeness (QED) is 0.868. The molecule has 7 heteroatoms. The van der Waals surface area contributed by atoms with E-state index in [4.69, 9.17) is 16.7 Å². The first-order valence-electron chi connectivity index (χ1n) is 7.44. The Morgan fingerprint density at radius 2 is 2.04 bits per heavy atom. The number of carbonyl (C=O) groups excluding carboxylic acids is 1. The number of aromatic carboxylic acids is 1. The fraction of sp³-hybridized carbons (Fsp3) is 0.294. The number of amides is 1. The van der Waals surface area contributed by atoms with Gasteiger partial charge in [0.15, 0.2) is 5.69 Å². The van der Waals surface area contributed by atoms with Crippen molar-refractivity contribution < 1.29 is 14.7 Å². The van der Waals surface area contributed by atoms with E-state index in [1.165, 1.54) is 6.20 Å². The molecule has 0 aliphatic rings. The summed E-state index contributed by atoms with van der Waals surface area (Å²) in [7, 11) is 1.70. The predicted octanol–water partition coefficient (Wildman–Crippen LogP) is 2.98. The van der Waals surface area contributed by atoms with Crippen LogP contribution in [0.2, 0.25) is 5.02 Å². The summed E-state index contributed by atoms with van der Waals surface area (Å²) in [5, 5.41) is 9.66. The van der Waals surface area contributed by atoms with Crippen LogP contribution in [0, 0.1) is 0 Å². The molecule has 1 atom stereocenters. The molecule has 24 heavy (non-hydrogen) atoms. The minimum atomic E-state index is -1.09. The second-order valence-corrected chi connectivity index (χ2v) is 5.83. The first-order chi connectivity index (χ1) is 11.4. The molecule has 0 aliphatic heterocycles. The number of carbonyl (C=O) groups is 2. The van der Waals surface area contributed by atoms with Gasteiger partial charge in [-0.1, -0.05) is 17.7 Å². The van der Waals surface area contributed by atoms with Crippen molar-refractivity contribution >= 4 is 23.5 Å². The Labute approximate surface area is 145 Å². The highest BCUT2D eigenvalue weighted by atomic mass is 35.5. The van der Waals surface area contributed by atoms with Crippen LogP contribution in [0.3, 0.4) is 0 Å². The third-order valence-electron chi connectivity index (χ3n) is 3.85. The predicted molar refractivity (Wildman–Crippen MR) is 89.9 cm³/mol. The van der Waals surface area contributed by atoms with E-state index in [-0.39, 0.29) is 24.1 Å². The van der Waals surface area contributed by atoms with Gasteiger partial charge in [0.25, 0.3) is 0 Å². The highest BCUT2D eigenvalue weighted by Gasteiger charge is 2.19. The molecular formula is C17H18ClN3O3. The fourth-order valence-electron chi connectivity index (χ4n) is 2.30. The van der Waals surface area contributed by atoms with Crippen molar-refractivity contribution in [2.45, 2.75) is 25.8 Å². The summed E-state index contributed by atoms with van der Waals surface area (Å²) >= 11 is 5.82. The largest absolute Gasteiger partial charge is 0.477 e. The Balaban J connectivity index is 2.02. The Morgan fingerprint density at radius 1 is 1.29 bits per heavy atom. The summed E-state index contributed by atoms with van der Waals surface area (Å²) in [5.74, 6) is -1.19. The van der Waals surface area contributed by atoms with Crippen LogP contribution in [-0.4, -0.2) is 38.9 Å². The molecule has 0 saturated heterocycles. The van der Waals surface area contributed by atoms with Crippen molar-refractivity contribution in [2.75, 3.05) is 7.05 Å². The molecule has 0 radical (unpaired) electrons. The van der Waals surface area contributed by atoms with E-state index in [0.717, 1.165) is 5.69 Å². The Morgan fingerprint density at radius 3 is 2.67 bits per heavy atom. The van der Waals surface area contributed by atoms with Gasteiger partial charge in [-0.25, -0.2) is 9.78 Å². The van der Waals surface area contributed by atoms with Crippen molar-refractivity contribution in [3.05, 3.63) is 58.6 Å². The van der Waals surface area contributed by atoms with Gasteiger partial charge in [-0.15, -0.1) is 0 Å². The zero-order valence-electron chi connectivity index (χ0n) is 13.4. The fourth-order valence-corrected chi connectivity index (χ4v) is 2.41. The average Bonchev–Trinajstić information content (AvgIpc) is 2.59. The van der Waals surface area contributed by atoms with Gasteiger partial charge in [-0.2, -0.15) is 0 Å². The summed E-state index contributed by atoms with van der Waals surface area (Å²) in [6.07, 6.45) is 3.48. The Bertz CT molecular complexity index is 734. The number of carboxylic acids is 1. The zero-order valence-corrected chi connectivity index (χ0v) is 14.2. The topological polar surface area (TPSA) is 83.4 Å². The molecule has 0 saturated carbocycles. The number of carboxylic acid groups (broad SMARTS) is 1. The summed E-state index contributed by atoms with van der Waals surface area (Å²) in [6, 6.07) is 6.64. The first kappa shape index (κ1) is 17.9. The SMILES string of the molecule is CC(c1ccc(Cl)cn1)N(C)C(=O)CCc1cccnc1C(=O)O. The van der Waals surface area contributed by atoms with Crippen molar-refractivity contribution in [3.8, 4) is 0 Å². The van der Waals surface area contributed by atoms with E-state index in [9.17, 15) is 9.59 Å². The molecule has 1 N–H and O–H groups in total. The zero-order chi connectivity index (χ0) is 17.7. The maximum atomic E-state index is 12.4. The highest BCUT2D eigenvalue weighted by molar-refractivity contribution is 6.30. The van der Waals surface area contributed by atoms with E-state index >= 15 is 0 Å². The van der Waals surface area contributed by atoms with E-state index in [2.05, 4.69) is 9.97 Å². The van der Waals surface area contributed by atoms with Crippen LogP contribution in [0.4, 0.5) is 0 Å². The van der Waals surface area contributed by atoms with Crippen LogP contribution >= 0.6 is 11.6 Å². The average molecular weight is 348 g/mol. The van der Waals surface area contributed by atoms with Crippen molar-refractivity contribution in [1.29, 1.82) is 0 Å². The van der Waals surface area contributed by atoms with Crippen molar-refractivity contribution in [3.63, 3.8) is 0 Å². The molecule has 2 aromatic rings. The van der Waals surface area contributed by atoms with Gasteiger partial charge in [0, 0.05) is 25.9 Å². The van der Waals surface area contributed by atoms with Gasteiger partial charge in [-0.3, -0.25) is 9.78 Å². The van der Waals surface area contributed by atoms with Gasteiger partial charge in [0.2, 0.25) is 5.91 Å². The molecular weight excluding hydrogens is 330 g/mol. The van der Waals surface area contributed by atoms with Crippen molar-refractivity contribution in [1.82, 2.24) is 14.9 Å². The molecule has 0 bridgehead atoms. The third-order valence-corrected chi connectivity index (χ3v) is 4.08. The molecule has 126 valence electrons. The van der Waals surface area contributed by atoms with Crippen LogP contribution in [0.5, 0.6) is 0 Å². The minimum absolute atomic E-state index is 0.0135. The molecule has 0 aliphatic carbocycles. The van der Waals surface area contributed by atoms with Gasteiger partial charge < -0.3 is 10.0 Å². The van der Waals surface area contributed by atoms with Crippen LogP contribution < -0.4 is 0 Å². The summed E-state index contributed by atoms with van der Waals surface area (Å²) in [4.78, 5) is 33.2. The van der Waals surface area contributed by atoms with E-state index < -0.39 is 5.97 Å². The van der Waals surface area contributed by atoms with Gasteiger partial charge in [0.05, 0.1) is 16.8 Å². The highest BCUT2D eigenvalue weighted by Crippen LogP contribution is 2.19. The normalized spacial score (nSPS) is 11.8. The van der Waals surface area contributed by atoms with Crippen LogP contribution in [0.1, 0.15) is 41.1 Å². The molecule has 6 nitrogen and oxygen atoms in total. The molecule has 0 aromatic carbocycles. The van der Waals surface area contributed by atoms with Crippen LogP contribution in [0.25, 0.3) is 0 Å². The summed E-state index contributed by atoms with van der Waals surface area (Å²) in [6.45, 7) is 1.88. The second-order valence-electron chi connectivity index (χ2n) is 5.40. The van der Waals surface area contributed by atoms with E-state index in [1.54, 1.807) is 42.4 Å². The standard InChI is InChI=1S/C17H18ClN3O3/c1-11(14-7-6-13(18)10-20-14)21(2)15(22)8-5-12-4-3-9-19-16(12)17(23)24/h3-4,6-7,9-11H,5,8H2,1-2H3,(H,23,24). The Hall–Kier alpha value is -2.47. The molecule has 2 rings (SSSR count).